The zero-order valence-corrected chi connectivity index (χ0v) is 19.0. The van der Waals surface area contributed by atoms with Crippen molar-refractivity contribution in [3.63, 3.8) is 0 Å². The van der Waals surface area contributed by atoms with Gasteiger partial charge in [-0.2, -0.15) is 0 Å². The Morgan fingerprint density at radius 2 is 1.64 bits per heavy atom. The van der Waals surface area contributed by atoms with E-state index in [0.717, 1.165) is 49.3 Å². The average molecular weight is 436 g/mol. The molecule has 1 aliphatic rings. The molecular weight excluding hydrogens is 406 g/mol. The topological polar surface area (TPSA) is 38.1 Å². The summed E-state index contributed by atoms with van der Waals surface area (Å²) in [5.41, 5.74) is 5.77. The van der Waals surface area contributed by atoms with Crippen LogP contribution in [-0.4, -0.2) is 33.4 Å². The van der Waals surface area contributed by atoms with E-state index >= 15 is 0 Å². The number of nitrogens with zero attached hydrogens (tertiary/aromatic N) is 3. The van der Waals surface area contributed by atoms with Crippen LogP contribution in [0.3, 0.4) is 0 Å². The number of fused-ring (bicyclic) bond motifs is 1. The Kier molecular flexibility index (Phi) is 6.07. The highest BCUT2D eigenvalue weighted by molar-refractivity contribution is 5.92. The molecule has 166 valence electrons. The largest absolute Gasteiger partial charge is 0.339 e. The van der Waals surface area contributed by atoms with Crippen LogP contribution in [0.25, 0.3) is 17.1 Å². The van der Waals surface area contributed by atoms with E-state index in [0.29, 0.717) is 6.04 Å². The minimum atomic E-state index is 0.0942. The van der Waals surface area contributed by atoms with Crippen LogP contribution in [0.2, 0.25) is 0 Å². The number of rotatable bonds is 5. The van der Waals surface area contributed by atoms with Crippen LogP contribution in [0.15, 0.2) is 84.9 Å². The number of aryl methyl sites for hydroxylation is 1. The fourth-order valence-electron chi connectivity index (χ4n) is 4.79. The van der Waals surface area contributed by atoms with Gasteiger partial charge in [-0.15, -0.1) is 0 Å². The van der Waals surface area contributed by atoms with Gasteiger partial charge in [0.2, 0.25) is 5.91 Å². The van der Waals surface area contributed by atoms with Crippen LogP contribution >= 0.6 is 0 Å². The predicted molar refractivity (Wildman–Crippen MR) is 134 cm³/mol. The molecule has 4 heteroatoms. The Morgan fingerprint density at radius 3 is 2.42 bits per heavy atom. The first kappa shape index (κ1) is 21.2. The summed E-state index contributed by atoms with van der Waals surface area (Å²) in [5, 5.41) is 0. The molecule has 1 saturated heterocycles. The fourth-order valence-corrected chi connectivity index (χ4v) is 4.79. The molecule has 0 spiro atoms. The van der Waals surface area contributed by atoms with Crippen molar-refractivity contribution in [1.29, 1.82) is 0 Å². The van der Waals surface area contributed by atoms with Crippen LogP contribution in [0, 0.1) is 6.92 Å². The molecule has 0 aliphatic carbocycles. The van der Waals surface area contributed by atoms with E-state index in [1.165, 1.54) is 16.6 Å². The van der Waals surface area contributed by atoms with Gasteiger partial charge in [0.1, 0.15) is 5.82 Å². The molecule has 1 fully saturated rings. The molecule has 1 aliphatic heterocycles. The van der Waals surface area contributed by atoms with Crippen molar-refractivity contribution in [3.8, 4) is 0 Å². The van der Waals surface area contributed by atoms with Gasteiger partial charge in [0.15, 0.2) is 0 Å². The van der Waals surface area contributed by atoms with E-state index < -0.39 is 0 Å². The number of benzene rings is 3. The van der Waals surface area contributed by atoms with Crippen molar-refractivity contribution in [2.45, 2.75) is 32.2 Å². The maximum atomic E-state index is 12.8. The van der Waals surface area contributed by atoms with Gasteiger partial charge in [0.25, 0.3) is 0 Å². The lowest BCUT2D eigenvalue weighted by molar-refractivity contribution is -0.127. The Labute approximate surface area is 195 Å². The Morgan fingerprint density at radius 1 is 0.939 bits per heavy atom. The van der Waals surface area contributed by atoms with E-state index in [1.54, 1.807) is 6.08 Å². The van der Waals surface area contributed by atoms with Gasteiger partial charge in [-0.05, 0) is 54.7 Å². The molecule has 4 aromatic rings. The van der Waals surface area contributed by atoms with Gasteiger partial charge >= 0.3 is 0 Å². The first-order valence-corrected chi connectivity index (χ1v) is 11.7. The van der Waals surface area contributed by atoms with Gasteiger partial charge < -0.3 is 9.47 Å². The summed E-state index contributed by atoms with van der Waals surface area (Å²) in [6, 6.07) is 27.4. The summed E-state index contributed by atoms with van der Waals surface area (Å²) < 4.78 is 2.42. The van der Waals surface area contributed by atoms with Gasteiger partial charge in [-0.3, -0.25) is 4.79 Å². The predicted octanol–water partition coefficient (Wildman–Crippen LogP) is 5.81. The number of hydrogen-bond acceptors (Lipinski definition) is 2. The standard InChI is InChI=1S/C29H29N3O/c1-22-9-5-6-12-24(22)15-16-29(33)31-19-17-25(18-20-31)32-27-14-8-7-13-26(27)30-28(32)21-23-10-3-2-4-11-23/h2-16,25H,17-21H2,1H3/b16-15+. The second-order valence-electron chi connectivity index (χ2n) is 8.80. The molecule has 4 nitrogen and oxygen atoms in total. The second kappa shape index (κ2) is 9.45. The van der Waals surface area contributed by atoms with E-state index in [9.17, 15) is 4.79 Å². The summed E-state index contributed by atoms with van der Waals surface area (Å²) in [7, 11) is 0. The molecule has 0 saturated carbocycles. The quantitative estimate of drug-likeness (QED) is 0.371. The number of carbonyl (C=O) groups excluding carboxylic acids is 1. The fraction of sp³-hybridized carbons (Fsp3) is 0.241. The highest BCUT2D eigenvalue weighted by Gasteiger charge is 2.26. The molecule has 0 unspecified atom stereocenters. The van der Waals surface area contributed by atoms with Gasteiger partial charge in [-0.25, -0.2) is 4.98 Å². The Balaban J connectivity index is 1.32. The lowest BCUT2D eigenvalue weighted by Crippen LogP contribution is -2.38. The highest BCUT2D eigenvalue weighted by Crippen LogP contribution is 2.30. The summed E-state index contributed by atoms with van der Waals surface area (Å²) >= 11 is 0. The molecule has 0 N–H and O–H groups in total. The zero-order chi connectivity index (χ0) is 22.6. The minimum Gasteiger partial charge on any atom is -0.339 e. The number of piperidine rings is 1. The number of aromatic nitrogens is 2. The van der Waals surface area contributed by atoms with Crippen molar-refractivity contribution in [3.05, 3.63) is 107 Å². The summed E-state index contributed by atoms with van der Waals surface area (Å²) in [6.45, 7) is 3.59. The number of para-hydroxylation sites is 2. The number of imidazole rings is 1. The van der Waals surface area contributed by atoms with E-state index in [2.05, 4.69) is 60.0 Å². The van der Waals surface area contributed by atoms with E-state index in [4.69, 9.17) is 4.98 Å². The number of amides is 1. The van der Waals surface area contributed by atoms with Crippen molar-refractivity contribution < 1.29 is 4.79 Å². The summed E-state index contributed by atoms with van der Waals surface area (Å²) in [6.07, 6.45) is 6.34. The molecule has 3 aromatic carbocycles. The van der Waals surface area contributed by atoms with Crippen LogP contribution in [0.5, 0.6) is 0 Å². The number of likely N-dealkylation sites (tertiary alicyclic amines) is 1. The van der Waals surface area contributed by atoms with Crippen molar-refractivity contribution in [2.75, 3.05) is 13.1 Å². The lowest BCUT2D eigenvalue weighted by atomic mass is 10.0. The molecule has 1 aromatic heterocycles. The molecule has 1 amide bonds. The lowest BCUT2D eigenvalue weighted by Gasteiger charge is -2.33. The Bertz CT molecular complexity index is 1280. The van der Waals surface area contributed by atoms with Crippen LogP contribution in [0.1, 0.15) is 41.4 Å². The molecule has 0 radical (unpaired) electrons. The molecule has 2 heterocycles. The first-order valence-electron chi connectivity index (χ1n) is 11.7. The molecule has 5 rings (SSSR count). The van der Waals surface area contributed by atoms with Gasteiger partial charge in [0, 0.05) is 31.6 Å². The monoisotopic (exact) mass is 435 g/mol. The number of carbonyl (C=O) groups is 1. The maximum absolute atomic E-state index is 12.8. The van der Waals surface area contributed by atoms with Crippen molar-refractivity contribution in [2.24, 2.45) is 0 Å². The second-order valence-corrected chi connectivity index (χ2v) is 8.80. The van der Waals surface area contributed by atoms with Gasteiger partial charge in [-0.1, -0.05) is 66.7 Å². The maximum Gasteiger partial charge on any atom is 0.246 e. The third-order valence-corrected chi connectivity index (χ3v) is 6.61. The molecule has 0 atom stereocenters. The summed E-state index contributed by atoms with van der Waals surface area (Å²) in [5.74, 6) is 1.20. The summed E-state index contributed by atoms with van der Waals surface area (Å²) in [4.78, 5) is 19.8. The number of hydrogen-bond donors (Lipinski definition) is 0. The molecule has 0 bridgehead atoms. The Hall–Kier alpha value is -3.66. The normalized spacial score (nSPS) is 14.9. The van der Waals surface area contributed by atoms with Crippen LogP contribution in [-0.2, 0) is 11.2 Å². The van der Waals surface area contributed by atoms with Crippen molar-refractivity contribution in [1.82, 2.24) is 14.5 Å². The SMILES string of the molecule is Cc1ccccc1/C=C/C(=O)N1CCC(n2c(Cc3ccccc3)nc3ccccc32)CC1. The van der Waals surface area contributed by atoms with Gasteiger partial charge in [0.05, 0.1) is 11.0 Å². The van der Waals surface area contributed by atoms with E-state index in [-0.39, 0.29) is 5.91 Å². The zero-order valence-electron chi connectivity index (χ0n) is 19.0. The smallest absolute Gasteiger partial charge is 0.246 e. The van der Waals surface area contributed by atoms with Crippen molar-refractivity contribution >= 4 is 23.0 Å². The van der Waals surface area contributed by atoms with Crippen LogP contribution in [0.4, 0.5) is 0 Å². The third-order valence-electron chi connectivity index (χ3n) is 6.61. The molecular formula is C29H29N3O. The third kappa shape index (κ3) is 4.61. The van der Waals surface area contributed by atoms with Crippen LogP contribution < -0.4 is 0 Å². The first-order chi connectivity index (χ1) is 16.2. The average Bonchev–Trinajstić information content (AvgIpc) is 3.22. The van der Waals surface area contributed by atoms with E-state index in [1.807, 2.05) is 41.3 Å². The molecule has 33 heavy (non-hydrogen) atoms. The minimum absolute atomic E-state index is 0.0942. The highest BCUT2D eigenvalue weighted by atomic mass is 16.2.